The number of anilines is 1. The van der Waals surface area contributed by atoms with Crippen LogP contribution in [0.25, 0.3) is 0 Å². The van der Waals surface area contributed by atoms with Gasteiger partial charge in [0, 0.05) is 22.0 Å². The molecule has 5 nitrogen and oxygen atoms in total. The quantitative estimate of drug-likeness (QED) is 0.412. The lowest BCUT2D eigenvalue weighted by molar-refractivity contribution is -0.385. The molecule has 1 heterocycles. The summed E-state index contributed by atoms with van der Waals surface area (Å²) in [6, 6.07) is 8.54. The number of fused-ring (bicyclic) bond motifs is 3. The predicted octanol–water partition coefficient (Wildman–Crippen LogP) is 5.74. The van der Waals surface area contributed by atoms with Crippen LogP contribution in [-0.2, 0) is 0 Å². The molecule has 0 unspecified atom stereocenters. The van der Waals surface area contributed by atoms with Gasteiger partial charge < -0.3 is 10.1 Å². The first kappa shape index (κ1) is 17.2. The van der Waals surface area contributed by atoms with Gasteiger partial charge in [-0.2, -0.15) is 0 Å². The zero-order valence-electron chi connectivity index (χ0n) is 13.9. The molecule has 7 heteroatoms. The van der Waals surface area contributed by atoms with Crippen LogP contribution in [0.15, 0.2) is 42.5 Å². The van der Waals surface area contributed by atoms with E-state index in [4.69, 9.17) is 27.9 Å². The summed E-state index contributed by atoms with van der Waals surface area (Å²) in [6.45, 7) is 0. The smallest absolute Gasteiger partial charge is 0.273 e. The Morgan fingerprint density at radius 2 is 2.04 bits per heavy atom. The first-order valence-corrected chi connectivity index (χ1v) is 8.99. The molecule has 0 bridgehead atoms. The second-order valence-corrected chi connectivity index (χ2v) is 7.35. The number of ether oxygens (including phenoxy) is 1. The highest BCUT2D eigenvalue weighted by Gasteiger charge is 2.40. The SMILES string of the molecule is COc1cc([N+](=O)[O-])cc2c1N[C@H](c1ccc(Cl)cc1Cl)[C@@H]1CC=C[C@H]21. The molecular formula is C19H16Cl2N2O3. The lowest BCUT2D eigenvalue weighted by atomic mass is 9.76. The molecule has 2 aromatic carbocycles. The Balaban J connectivity index is 1.86. The Morgan fingerprint density at radius 1 is 1.23 bits per heavy atom. The Morgan fingerprint density at radius 3 is 2.73 bits per heavy atom. The van der Waals surface area contributed by atoms with Crippen LogP contribution >= 0.6 is 23.2 Å². The largest absolute Gasteiger partial charge is 0.494 e. The van der Waals surface area contributed by atoms with Gasteiger partial charge in [0.2, 0.25) is 0 Å². The van der Waals surface area contributed by atoms with Crippen molar-refractivity contribution in [1.29, 1.82) is 0 Å². The van der Waals surface area contributed by atoms with Crippen LogP contribution < -0.4 is 10.1 Å². The molecule has 0 saturated heterocycles. The van der Waals surface area contributed by atoms with E-state index in [0.29, 0.717) is 15.8 Å². The molecule has 2 aromatic rings. The summed E-state index contributed by atoms with van der Waals surface area (Å²) < 4.78 is 5.44. The first-order valence-electron chi connectivity index (χ1n) is 8.24. The third kappa shape index (κ3) is 2.72. The minimum Gasteiger partial charge on any atom is -0.494 e. The van der Waals surface area contributed by atoms with Gasteiger partial charge in [0.05, 0.1) is 29.8 Å². The van der Waals surface area contributed by atoms with Crippen molar-refractivity contribution in [2.45, 2.75) is 18.4 Å². The number of hydrogen-bond donors (Lipinski definition) is 1. The molecule has 0 spiro atoms. The van der Waals surface area contributed by atoms with Crippen LogP contribution in [0.2, 0.25) is 10.0 Å². The van der Waals surface area contributed by atoms with Gasteiger partial charge in [-0.15, -0.1) is 0 Å². The van der Waals surface area contributed by atoms with E-state index in [1.165, 1.54) is 13.2 Å². The normalized spacial score (nSPS) is 23.1. The Labute approximate surface area is 160 Å². The summed E-state index contributed by atoms with van der Waals surface area (Å²) >= 11 is 12.5. The number of allylic oxidation sites excluding steroid dienone is 2. The number of methoxy groups -OCH3 is 1. The van der Waals surface area contributed by atoms with Crippen molar-refractivity contribution in [3.63, 3.8) is 0 Å². The van der Waals surface area contributed by atoms with Gasteiger partial charge in [0.15, 0.2) is 0 Å². The van der Waals surface area contributed by atoms with E-state index in [1.54, 1.807) is 12.1 Å². The maximum atomic E-state index is 11.3. The predicted molar refractivity (Wildman–Crippen MR) is 102 cm³/mol. The molecule has 0 aromatic heterocycles. The zero-order chi connectivity index (χ0) is 18.4. The van der Waals surface area contributed by atoms with Crippen molar-refractivity contribution in [3.05, 3.63) is 73.8 Å². The highest BCUT2D eigenvalue weighted by molar-refractivity contribution is 6.35. The average Bonchev–Trinajstić information content (AvgIpc) is 3.10. The monoisotopic (exact) mass is 390 g/mol. The van der Waals surface area contributed by atoms with Crippen LogP contribution in [0.3, 0.4) is 0 Å². The highest BCUT2D eigenvalue weighted by Crippen LogP contribution is 2.54. The number of nitrogens with zero attached hydrogens (tertiary/aromatic N) is 1. The maximum Gasteiger partial charge on any atom is 0.273 e. The van der Waals surface area contributed by atoms with E-state index in [0.717, 1.165) is 23.2 Å². The molecule has 0 saturated carbocycles. The number of nitro groups is 1. The van der Waals surface area contributed by atoms with E-state index < -0.39 is 4.92 Å². The molecular weight excluding hydrogens is 375 g/mol. The van der Waals surface area contributed by atoms with Crippen molar-refractivity contribution in [3.8, 4) is 5.75 Å². The van der Waals surface area contributed by atoms with E-state index in [-0.39, 0.29) is 23.6 Å². The fourth-order valence-electron chi connectivity index (χ4n) is 3.98. The molecule has 1 aliphatic carbocycles. The van der Waals surface area contributed by atoms with Crippen molar-refractivity contribution in [2.24, 2.45) is 5.92 Å². The van der Waals surface area contributed by atoms with Gasteiger partial charge >= 0.3 is 0 Å². The Bertz CT molecular complexity index is 929. The molecule has 1 aliphatic heterocycles. The summed E-state index contributed by atoms with van der Waals surface area (Å²) in [5.41, 5.74) is 2.66. The summed E-state index contributed by atoms with van der Waals surface area (Å²) in [7, 11) is 1.52. The summed E-state index contributed by atoms with van der Waals surface area (Å²) in [5.74, 6) is 0.743. The fourth-order valence-corrected chi connectivity index (χ4v) is 4.51. The lowest BCUT2D eigenvalue weighted by Crippen LogP contribution is -2.29. The lowest BCUT2D eigenvalue weighted by Gasteiger charge is -2.38. The van der Waals surface area contributed by atoms with E-state index in [2.05, 4.69) is 17.5 Å². The Hall–Kier alpha value is -2.24. The van der Waals surface area contributed by atoms with Crippen molar-refractivity contribution in [2.75, 3.05) is 12.4 Å². The average molecular weight is 391 g/mol. The van der Waals surface area contributed by atoms with Gasteiger partial charge in [-0.1, -0.05) is 41.4 Å². The van der Waals surface area contributed by atoms with Gasteiger partial charge in [-0.3, -0.25) is 10.1 Å². The number of hydrogen-bond acceptors (Lipinski definition) is 4. The van der Waals surface area contributed by atoms with Gasteiger partial charge in [0.25, 0.3) is 5.69 Å². The molecule has 0 amide bonds. The zero-order valence-corrected chi connectivity index (χ0v) is 15.4. The molecule has 2 aliphatic rings. The summed E-state index contributed by atoms with van der Waals surface area (Å²) in [5, 5.41) is 16.0. The molecule has 0 fully saturated rings. The summed E-state index contributed by atoms with van der Waals surface area (Å²) in [4.78, 5) is 10.9. The second-order valence-electron chi connectivity index (χ2n) is 6.51. The van der Waals surface area contributed by atoms with E-state index in [9.17, 15) is 10.1 Å². The minimum absolute atomic E-state index is 0.0319. The number of benzene rings is 2. The molecule has 134 valence electrons. The van der Waals surface area contributed by atoms with Crippen molar-refractivity contribution in [1.82, 2.24) is 0 Å². The minimum atomic E-state index is -0.390. The number of non-ortho nitro benzene ring substituents is 1. The molecule has 1 N–H and O–H groups in total. The molecule has 0 radical (unpaired) electrons. The van der Waals surface area contributed by atoms with Gasteiger partial charge in [-0.25, -0.2) is 0 Å². The Kier molecular flexibility index (Phi) is 4.29. The van der Waals surface area contributed by atoms with Crippen LogP contribution in [0.1, 0.15) is 29.5 Å². The number of nitrogens with one attached hydrogen (secondary N) is 1. The van der Waals surface area contributed by atoms with Crippen LogP contribution in [0, 0.1) is 16.0 Å². The third-order valence-electron chi connectivity index (χ3n) is 5.15. The molecule has 3 atom stereocenters. The fraction of sp³-hybridized carbons (Fsp3) is 0.263. The number of nitro benzene ring substituents is 1. The standard InChI is InChI=1S/C19H16Cl2N2O3/c1-26-17-9-11(23(24)25)8-15-12-3-2-4-13(12)18(22-19(15)17)14-6-5-10(20)7-16(14)21/h2-3,5-9,12-13,18,22H,4H2,1H3/t12-,13+,18-/m0/s1. The molecule has 4 rings (SSSR count). The van der Waals surface area contributed by atoms with E-state index >= 15 is 0 Å². The summed E-state index contributed by atoms with van der Waals surface area (Å²) in [6.07, 6.45) is 5.10. The maximum absolute atomic E-state index is 11.3. The van der Waals surface area contributed by atoms with Gasteiger partial charge in [-0.05, 0) is 35.6 Å². The van der Waals surface area contributed by atoms with Crippen LogP contribution in [0.4, 0.5) is 11.4 Å². The molecule has 26 heavy (non-hydrogen) atoms. The number of halogens is 2. The van der Waals surface area contributed by atoms with Crippen molar-refractivity contribution < 1.29 is 9.66 Å². The van der Waals surface area contributed by atoms with Gasteiger partial charge in [0.1, 0.15) is 5.75 Å². The highest BCUT2D eigenvalue weighted by atomic mass is 35.5. The topological polar surface area (TPSA) is 64.4 Å². The van der Waals surface area contributed by atoms with Crippen molar-refractivity contribution >= 4 is 34.6 Å². The second kappa shape index (κ2) is 6.49. The van der Waals surface area contributed by atoms with E-state index in [1.807, 2.05) is 12.1 Å². The first-order chi connectivity index (χ1) is 12.5. The van der Waals surface area contributed by atoms with Crippen LogP contribution in [-0.4, -0.2) is 12.0 Å². The van der Waals surface area contributed by atoms with Crippen LogP contribution in [0.5, 0.6) is 5.75 Å². The number of rotatable bonds is 3. The third-order valence-corrected chi connectivity index (χ3v) is 5.71.